The van der Waals surface area contributed by atoms with Crippen molar-refractivity contribution in [2.45, 2.75) is 19.3 Å². The first-order valence-electron chi connectivity index (χ1n) is 6.45. The summed E-state index contributed by atoms with van der Waals surface area (Å²) in [6, 6.07) is 16.9. The SMILES string of the molecule is [CH2]CCCc1cccc2nc3ccccc3cc12. The number of aromatic nitrogens is 1. The van der Waals surface area contributed by atoms with E-state index in [1.54, 1.807) is 0 Å². The Morgan fingerprint density at radius 2 is 1.78 bits per heavy atom. The number of unbranched alkanes of at least 4 members (excludes halogenated alkanes) is 1. The van der Waals surface area contributed by atoms with Gasteiger partial charge in [0.05, 0.1) is 11.0 Å². The van der Waals surface area contributed by atoms with E-state index in [0.717, 1.165) is 30.3 Å². The maximum absolute atomic E-state index is 4.73. The molecule has 1 aromatic heterocycles. The summed E-state index contributed by atoms with van der Waals surface area (Å²) in [4.78, 5) is 4.73. The average molecular weight is 234 g/mol. The molecule has 3 rings (SSSR count). The first kappa shape index (κ1) is 11.2. The summed E-state index contributed by atoms with van der Waals surface area (Å²) in [7, 11) is 0. The fourth-order valence-electron chi connectivity index (χ4n) is 2.39. The minimum atomic E-state index is 0.984. The molecule has 0 bridgehead atoms. The normalized spacial score (nSPS) is 11.2. The molecular weight excluding hydrogens is 218 g/mol. The summed E-state index contributed by atoms with van der Waals surface area (Å²) < 4.78 is 0. The fraction of sp³-hybridized carbons (Fsp3) is 0.176. The molecule has 2 aromatic carbocycles. The molecule has 0 atom stereocenters. The molecule has 0 N–H and O–H groups in total. The molecule has 1 heterocycles. The summed E-state index contributed by atoms with van der Waals surface area (Å²) in [5.74, 6) is 0. The van der Waals surface area contributed by atoms with Crippen molar-refractivity contribution in [1.82, 2.24) is 4.98 Å². The van der Waals surface area contributed by atoms with Crippen molar-refractivity contribution in [3.8, 4) is 0 Å². The maximum atomic E-state index is 4.73. The van der Waals surface area contributed by atoms with Crippen molar-refractivity contribution < 1.29 is 0 Å². The molecule has 18 heavy (non-hydrogen) atoms. The third kappa shape index (κ3) is 1.97. The highest BCUT2D eigenvalue weighted by Gasteiger charge is 2.03. The second-order valence-corrected chi connectivity index (χ2v) is 4.62. The van der Waals surface area contributed by atoms with Crippen LogP contribution in [0.5, 0.6) is 0 Å². The molecule has 0 aliphatic heterocycles. The second kappa shape index (κ2) is 4.77. The molecule has 0 aliphatic carbocycles. The zero-order valence-corrected chi connectivity index (χ0v) is 10.4. The molecular formula is C17H16N. The van der Waals surface area contributed by atoms with Crippen molar-refractivity contribution in [2.24, 2.45) is 0 Å². The lowest BCUT2D eigenvalue weighted by Gasteiger charge is -2.07. The van der Waals surface area contributed by atoms with Crippen LogP contribution < -0.4 is 0 Å². The lowest BCUT2D eigenvalue weighted by atomic mass is 10.0. The van der Waals surface area contributed by atoms with Gasteiger partial charge >= 0.3 is 0 Å². The van der Waals surface area contributed by atoms with Crippen LogP contribution in [0.15, 0.2) is 48.5 Å². The highest BCUT2D eigenvalue weighted by atomic mass is 14.7. The number of hydrogen-bond acceptors (Lipinski definition) is 1. The van der Waals surface area contributed by atoms with E-state index < -0.39 is 0 Å². The Balaban J connectivity index is 2.22. The molecule has 0 spiro atoms. The van der Waals surface area contributed by atoms with Crippen molar-refractivity contribution in [2.75, 3.05) is 0 Å². The van der Waals surface area contributed by atoms with Crippen LogP contribution in [0.4, 0.5) is 0 Å². The summed E-state index contributed by atoms with van der Waals surface area (Å²) in [5.41, 5.74) is 3.55. The van der Waals surface area contributed by atoms with E-state index in [1.807, 2.05) is 6.07 Å². The van der Waals surface area contributed by atoms with Crippen LogP contribution in [0.25, 0.3) is 21.8 Å². The lowest BCUT2D eigenvalue weighted by Crippen LogP contribution is -1.89. The largest absolute Gasteiger partial charge is 0.248 e. The molecule has 1 radical (unpaired) electrons. The van der Waals surface area contributed by atoms with Gasteiger partial charge in [0, 0.05) is 10.8 Å². The van der Waals surface area contributed by atoms with Crippen molar-refractivity contribution in [3.63, 3.8) is 0 Å². The van der Waals surface area contributed by atoms with Gasteiger partial charge in [-0.25, -0.2) is 4.98 Å². The van der Waals surface area contributed by atoms with Gasteiger partial charge in [-0.3, -0.25) is 0 Å². The van der Waals surface area contributed by atoms with Crippen LogP contribution in [-0.2, 0) is 6.42 Å². The average Bonchev–Trinajstić information content (AvgIpc) is 2.43. The topological polar surface area (TPSA) is 12.9 Å². The first-order chi connectivity index (χ1) is 8.88. The van der Waals surface area contributed by atoms with E-state index in [0.29, 0.717) is 0 Å². The van der Waals surface area contributed by atoms with Gasteiger partial charge in [-0.05, 0) is 36.6 Å². The molecule has 1 nitrogen and oxygen atoms in total. The molecule has 1 heteroatoms. The number of rotatable bonds is 3. The van der Waals surface area contributed by atoms with Crippen LogP contribution in [0.1, 0.15) is 18.4 Å². The van der Waals surface area contributed by atoms with Gasteiger partial charge < -0.3 is 0 Å². The second-order valence-electron chi connectivity index (χ2n) is 4.62. The maximum Gasteiger partial charge on any atom is 0.0712 e. The smallest absolute Gasteiger partial charge is 0.0712 e. The number of para-hydroxylation sites is 1. The van der Waals surface area contributed by atoms with Crippen LogP contribution in [0.2, 0.25) is 0 Å². The summed E-state index contributed by atoms with van der Waals surface area (Å²) in [6.45, 7) is 3.92. The first-order valence-corrected chi connectivity index (χ1v) is 6.45. The highest BCUT2D eigenvalue weighted by molar-refractivity contribution is 5.94. The van der Waals surface area contributed by atoms with Crippen molar-refractivity contribution >= 4 is 21.8 Å². The summed E-state index contributed by atoms with van der Waals surface area (Å²) in [6.07, 6.45) is 3.20. The quantitative estimate of drug-likeness (QED) is 0.606. The van der Waals surface area contributed by atoms with Crippen LogP contribution >= 0.6 is 0 Å². The molecule has 0 fully saturated rings. The Morgan fingerprint density at radius 3 is 2.67 bits per heavy atom. The minimum absolute atomic E-state index is 0.984. The van der Waals surface area contributed by atoms with E-state index in [2.05, 4.69) is 49.4 Å². The zero-order valence-electron chi connectivity index (χ0n) is 10.4. The number of aryl methyl sites for hydroxylation is 1. The van der Waals surface area contributed by atoms with E-state index in [9.17, 15) is 0 Å². The Morgan fingerprint density at radius 1 is 0.944 bits per heavy atom. The monoisotopic (exact) mass is 234 g/mol. The molecule has 0 unspecified atom stereocenters. The molecule has 0 saturated heterocycles. The van der Waals surface area contributed by atoms with E-state index in [-0.39, 0.29) is 0 Å². The number of nitrogens with zero attached hydrogens (tertiary/aromatic N) is 1. The van der Waals surface area contributed by atoms with Gasteiger partial charge in [0.2, 0.25) is 0 Å². The standard InChI is InChI=1S/C17H16N/c1-2-3-7-13-9-6-11-17-15(13)12-14-8-4-5-10-16(14)18-17/h4-6,8-12H,1-3,7H2. The number of hydrogen-bond donors (Lipinski definition) is 0. The Hall–Kier alpha value is -1.89. The van der Waals surface area contributed by atoms with E-state index in [4.69, 9.17) is 4.98 Å². The van der Waals surface area contributed by atoms with Crippen LogP contribution in [0, 0.1) is 6.92 Å². The number of benzene rings is 2. The number of fused-ring (bicyclic) bond motifs is 2. The van der Waals surface area contributed by atoms with Crippen LogP contribution in [-0.4, -0.2) is 4.98 Å². The molecule has 3 aromatic rings. The van der Waals surface area contributed by atoms with Gasteiger partial charge in [0.15, 0.2) is 0 Å². The lowest BCUT2D eigenvalue weighted by molar-refractivity contribution is 0.846. The predicted octanol–water partition coefficient (Wildman–Crippen LogP) is 4.54. The Kier molecular flexibility index (Phi) is 2.97. The highest BCUT2D eigenvalue weighted by Crippen LogP contribution is 2.23. The summed E-state index contributed by atoms with van der Waals surface area (Å²) >= 11 is 0. The molecule has 0 amide bonds. The van der Waals surface area contributed by atoms with Crippen molar-refractivity contribution in [1.29, 1.82) is 0 Å². The third-order valence-electron chi connectivity index (χ3n) is 3.35. The van der Waals surface area contributed by atoms with Gasteiger partial charge in [-0.15, -0.1) is 0 Å². The van der Waals surface area contributed by atoms with E-state index in [1.165, 1.54) is 16.3 Å². The van der Waals surface area contributed by atoms with E-state index >= 15 is 0 Å². The Labute approximate surface area is 107 Å². The zero-order chi connectivity index (χ0) is 12.4. The van der Waals surface area contributed by atoms with Gasteiger partial charge in [-0.2, -0.15) is 0 Å². The minimum Gasteiger partial charge on any atom is -0.248 e. The summed E-state index contributed by atoms with van der Waals surface area (Å²) in [5, 5.41) is 2.50. The van der Waals surface area contributed by atoms with Gasteiger partial charge in [0.1, 0.15) is 0 Å². The fourth-order valence-corrected chi connectivity index (χ4v) is 2.39. The molecule has 89 valence electrons. The number of pyridine rings is 1. The molecule has 0 aliphatic rings. The van der Waals surface area contributed by atoms with Crippen molar-refractivity contribution in [3.05, 3.63) is 61.0 Å². The van der Waals surface area contributed by atoms with Gasteiger partial charge in [0.25, 0.3) is 0 Å². The third-order valence-corrected chi connectivity index (χ3v) is 3.35. The Bertz CT molecular complexity index is 685. The van der Waals surface area contributed by atoms with Gasteiger partial charge in [-0.1, -0.05) is 43.7 Å². The predicted molar refractivity (Wildman–Crippen MR) is 77.5 cm³/mol. The molecule has 0 saturated carbocycles. The van der Waals surface area contributed by atoms with Crippen LogP contribution in [0.3, 0.4) is 0 Å².